The Balaban J connectivity index is 1.55. The predicted octanol–water partition coefficient (Wildman–Crippen LogP) is 8.72. The number of hydrogen-bond acceptors (Lipinski definition) is 2. The minimum Gasteiger partial charge on any atom is -0.413 e. The normalized spacial score (nSPS) is 41.1. The lowest BCUT2D eigenvalue weighted by atomic mass is 9.47. The highest BCUT2D eigenvalue weighted by Crippen LogP contribution is 2.66. The van der Waals surface area contributed by atoms with Gasteiger partial charge >= 0.3 is 0 Å². The van der Waals surface area contributed by atoms with E-state index in [9.17, 15) is 4.79 Å². The molecule has 0 amide bonds. The van der Waals surface area contributed by atoms with Crippen molar-refractivity contribution in [2.45, 2.75) is 136 Å². The third-order valence-electron chi connectivity index (χ3n) is 11.6. The van der Waals surface area contributed by atoms with Crippen LogP contribution in [0.4, 0.5) is 0 Å². The van der Waals surface area contributed by atoms with Gasteiger partial charge in [-0.1, -0.05) is 67.0 Å². The third kappa shape index (κ3) is 3.86. The molecule has 0 aliphatic heterocycles. The number of ketones is 1. The summed E-state index contributed by atoms with van der Waals surface area (Å²) in [6, 6.07) is 0. The summed E-state index contributed by atoms with van der Waals surface area (Å²) < 4.78 is 7.28. The van der Waals surface area contributed by atoms with Gasteiger partial charge in [-0.25, -0.2) is 0 Å². The summed E-state index contributed by atoms with van der Waals surface area (Å²) in [5.41, 5.74) is 4.31. The van der Waals surface area contributed by atoms with Crippen molar-refractivity contribution in [2.24, 2.45) is 34.5 Å². The third-order valence-corrected chi connectivity index (χ3v) is 17.8. The van der Waals surface area contributed by atoms with Crippen LogP contribution in [0.15, 0.2) is 11.6 Å². The van der Waals surface area contributed by atoms with Gasteiger partial charge in [-0.3, -0.25) is 4.79 Å². The number of Topliss-reactive ketones (excluding diaryl/α,β-unsaturated/α-hetero) is 1. The smallest absolute Gasteiger partial charge is 0.200 e. The van der Waals surface area contributed by atoms with Crippen LogP contribution < -0.4 is 0 Å². The van der Waals surface area contributed by atoms with Crippen molar-refractivity contribution >= 4 is 14.1 Å². The molecular weight excluding hydrogens is 420 g/mol. The average Bonchev–Trinajstić information content (AvgIpc) is 3.08. The quantitative estimate of drug-likeness (QED) is 0.285. The Morgan fingerprint density at radius 1 is 0.939 bits per heavy atom. The zero-order chi connectivity index (χ0) is 24.3. The summed E-state index contributed by atoms with van der Waals surface area (Å²) in [5.74, 6) is 3.10. The van der Waals surface area contributed by atoms with Crippen molar-refractivity contribution in [1.82, 2.24) is 0 Å². The molecule has 4 aliphatic rings. The summed E-state index contributed by atoms with van der Waals surface area (Å²) in [7, 11) is -1.84. The topological polar surface area (TPSA) is 26.3 Å². The van der Waals surface area contributed by atoms with Crippen LogP contribution in [0.3, 0.4) is 0 Å². The maximum absolute atomic E-state index is 12.4. The standard InChI is InChI=1S/C30H52O2Si/c1-19(2)33(20(3)4,21(5)6)32-24-14-16-29(8)23(18-24)10-11-25-27-13-12-26(22(7)31)30(27,9)17-15-28(25)29/h10,19-21,24-28H,11-18H2,1-9H3/t24-,25-,26+,27-,28-,29-,30+/m0/s1. The Labute approximate surface area is 205 Å². The summed E-state index contributed by atoms with van der Waals surface area (Å²) >= 11 is 0. The molecule has 0 spiro atoms. The van der Waals surface area contributed by atoms with E-state index < -0.39 is 8.32 Å². The molecule has 33 heavy (non-hydrogen) atoms. The summed E-state index contributed by atoms with van der Waals surface area (Å²) in [4.78, 5) is 12.4. The zero-order valence-corrected chi connectivity index (χ0v) is 24.2. The maximum Gasteiger partial charge on any atom is 0.200 e. The highest BCUT2D eigenvalue weighted by Gasteiger charge is 2.59. The Bertz CT molecular complexity index is 760. The molecule has 0 saturated heterocycles. The number of hydrogen-bond donors (Lipinski definition) is 0. The molecule has 4 aliphatic carbocycles. The zero-order valence-electron chi connectivity index (χ0n) is 23.2. The molecule has 0 bridgehead atoms. The maximum atomic E-state index is 12.4. The van der Waals surface area contributed by atoms with E-state index in [1.807, 2.05) is 6.92 Å². The van der Waals surface area contributed by atoms with Gasteiger partial charge in [-0.05, 0) is 103 Å². The second-order valence-corrected chi connectivity index (χ2v) is 19.3. The number of carbonyl (C=O) groups is 1. The van der Waals surface area contributed by atoms with Crippen molar-refractivity contribution in [3.63, 3.8) is 0 Å². The fourth-order valence-corrected chi connectivity index (χ4v) is 15.7. The molecule has 0 unspecified atom stereocenters. The summed E-state index contributed by atoms with van der Waals surface area (Å²) in [6.45, 7) is 21.4. The first-order valence-electron chi connectivity index (χ1n) is 14.3. The first-order valence-corrected chi connectivity index (χ1v) is 16.4. The largest absolute Gasteiger partial charge is 0.413 e. The van der Waals surface area contributed by atoms with Crippen LogP contribution in [0.1, 0.15) is 114 Å². The van der Waals surface area contributed by atoms with Crippen LogP contribution in [0.5, 0.6) is 0 Å². The van der Waals surface area contributed by atoms with Crippen LogP contribution in [0.25, 0.3) is 0 Å². The molecular formula is C30H52O2Si. The minimum absolute atomic E-state index is 0.256. The van der Waals surface area contributed by atoms with E-state index >= 15 is 0 Å². The van der Waals surface area contributed by atoms with Crippen LogP contribution in [0.2, 0.25) is 16.6 Å². The van der Waals surface area contributed by atoms with E-state index in [2.05, 4.69) is 61.5 Å². The lowest BCUT2D eigenvalue weighted by Crippen LogP contribution is -2.53. The Morgan fingerprint density at radius 2 is 1.58 bits per heavy atom. The highest BCUT2D eigenvalue weighted by atomic mass is 28.4. The van der Waals surface area contributed by atoms with Crippen molar-refractivity contribution in [3.8, 4) is 0 Å². The molecule has 2 nitrogen and oxygen atoms in total. The van der Waals surface area contributed by atoms with E-state index in [-0.39, 0.29) is 5.41 Å². The highest BCUT2D eigenvalue weighted by molar-refractivity contribution is 6.77. The summed E-state index contributed by atoms with van der Waals surface area (Å²) in [6.07, 6.45) is 13.0. The van der Waals surface area contributed by atoms with E-state index in [1.165, 1.54) is 44.9 Å². The van der Waals surface area contributed by atoms with Crippen LogP contribution in [0, 0.1) is 34.5 Å². The molecule has 0 aromatic carbocycles. The molecule has 7 atom stereocenters. The molecule has 188 valence electrons. The van der Waals surface area contributed by atoms with Gasteiger partial charge in [0.25, 0.3) is 0 Å². The van der Waals surface area contributed by atoms with Crippen molar-refractivity contribution in [3.05, 3.63) is 11.6 Å². The summed E-state index contributed by atoms with van der Waals surface area (Å²) in [5, 5.41) is 0. The molecule has 0 N–H and O–H groups in total. The van der Waals surface area contributed by atoms with E-state index in [0.717, 1.165) is 24.2 Å². The van der Waals surface area contributed by atoms with Gasteiger partial charge in [-0.15, -0.1) is 0 Å². The molecule has 0 aromatic heterocycles. The predicted molar refractivity (Wildman–Crippen MR) is 142 cm³/mol. The first kappa shape index (κ1) is 25.7. The van der Waals surface area contributed by atoms with Gasteiger partial charge in [0.1, 0.15) is 5.78 Å². The number of carbonyl (C=O) groups excluding carboxylic acids is 1. The minimum atomic E-state index is -1.84. The fraction of sp³-hybridized carbons (Fsp3) is 0.900. The van der Waals surface area contributed by atoms with Crippen molar-refractivity contribution in [1.29, 1.82) is 0 Å². The van der Waals surface area contributed by atoms with Gasteiger partial charge in [-0.2, -0.15) is 0 Å². The van der Waals surface area contributed by atoms with Gasteiger partial charge in [0, 0.05) is 12.0 Å². The van der Waals surface area contributed by atoms with Crippen LogP contribution in [-0.2, 0) is 9.22 Å². The van der Waals surface area contributed by atoms with E-state index in [4.69, 9.17) is 4.43 Å². The number of fused-ring (bicyclic) bond motifs is 5. The molecule has 3 saturated carbocycles. The molecule has 4 rings (SSSR count). The van der Waals surface area contributed by atoms with Gasteiger partial charge in [0.15, 0.2) is 0 Å². The Morgan fingerprint density at radius 3 is 2.15 bits per heavy atom. The molecule has 3 fully saturated rings. The van der Waals surface area contributed by atoms with Gasteiger partial charge in [0.05, 0.1) is 0 Å². The van der Waals surface area contributed by atoms with Gasteiger partial charge in [0.2, 0.25) is 8.32 Å². The Hall–Kier alpha value is -0.413. The monoisotopic (exact) mass is 472 g/mol. The SMILES string of the molecule is CC(=O)[C@H]1CC[C@H]2[C@@H]3CC=C4C[C@@H](O[Si](C(C)C)(C(C)C)C(C)C)CC[C@]4(C)[C@H]3CC[C@]12C. The number of allylic oxidation sites excluding steroid dienone is 1. The lowest BCUT2D eigenvalue weighted by molar-refractivity contribution is -0.127. The molecule has 0 aromatic rings. The van der Waals surface area contributed by atoms with Crippen molar-refractivity contribution < 1.29 is 9.22 Å². The lowest BCUT2D eigenvalue weighted by Gasteiger charge is -2.58. The fourth-order valence-electron chi connectivity index (χ4n) is 10.1. The molecule has 0 heterocycles. The molecule has 0 radical (unpaired) electrons. The number of rotatable bonds is 6. The first-order chi connectivity index (χ1) is 15.4. The second-order valence-electron chi connectivity index (χ2n) is 13.8. The average molecular weight is 473 g/mol. The van der Waals surface area contributed by atoms with E-state index in [0.29, 0.717) is 39.8 Å². The van der Waals surface area contributed by atoms with Crippen molar-refractivity contribution in [2.75, 3.05) is 0 Å². The van der Waals surface area contributed by atoms with E-state index in [1.54, 1.807) is 5.57 Å². The Kier molecular flexibility index (Phi) is 6.93. The molecule has 3 heteroatoms. The van der Waals surface area contributed by atoms with Crippen LogP contribution >= 0.6 is 0 Å². The second kappa shape index (κ2) is 8.91. The van der Waals surface area contributed by atoms with Crippen LogP contribution in [-0.4, -0.2) is 20.2 Å². The van der Waals surface area contributed by atoms with Gasteiger partial charge < -0.3 is 4.43 Å².